The van der Waals surface area contributed by atoms with Crippen LogP contribution in [0.5, 0.6) is 5.75 Å². The van der Waals surface area contributed by atoms with Crippen LogP contribution in [0.3, 0.4) is 0 Å². The van der Waals surface area contributed by atoms with E-state index in [1.54, 1.807) is 24.4 Å². The van der Waals surface area contributed by atoms with Crippen molar-refractivity contribution >= 4 is 31.9 Å². The summed E-state index contributed by atoms with van der Waals surface area (Å²) in [5.41, 5.74) is 0.802. The molecule has 0 spiro atoms. The highest BCUT2D eigenvalue weighted by Crippen LogP contribution is 2.35. The van der Waals surface area contributed by atoms with Crippen molar-refractivity contribution in [2.45, 2.75) is 13.2 Å². The van der Waals surface area contributed by atoms with E-state index in [0.29, 0.717) is 18.1 Å². The Morgan fingerprint density at radius 3 is 2.53 bits per heavy atom. The van der Waals surface area contributed by atoms with Gasteiger partial charge in [-0.3, -0.25) is 0 Å². The van der Waals surface area contributed by atoms with Gasteiger partial charge in [0, 0.05) is 6.07 Å². The number of hydrogen-bond donors (Lipinski definition) is 1. The lowest BCUT2D eigenvalue weighted by Gasteiger charge is -2.10. The van der Waals surface area contributed by atoms with Gasteiger partial charge < -0.3 is 14.4 Å². The number of benzene rings is 1. The fourth-order valence-electron chi connectivity index (χ4n) is 1.30. The molecule has 1 aromatic heterocycles. The van der Waals surface area contributed by atoms with Crippen LogP contribution in [0.2, 0.25) is 0 Å². The molecule has 4 nitrogen and oxygen atoms in total. The number of hydrogen-bond acceptors (Lipinski definition) is 4. The van der Waals surface area contributed by atoms with Crippen LogP contribution in [0.4, 0.5) is 0 Å². The zero-order valence-electron chi connectivity index (χ0n) is 8.69. The summed E-state index contributed by atoms with van der Waals surface area (Å²) in [5, 5.41) is 12.6. The first-order valence-electron chi connectivity index (χ1n) is 4.82. The van der Waals surface area contributed by atoms with Crippen molar-refractivity contribution < 1.29 is 14.4 Å². The predicted octanol–water partition coefficient (Wildman–Crippen LogP) is 3.27. The lowest BCUT2D eigenvalue weighted by molar-refractivity contribution is 0.246. The van der Waals surface area contributed by atoms with E-state index >= 15 is 0 Å². The van der Waals surface area contributed by atoms with Gasteiger partial charge in [0.25, 0.3) is 0 Å². The Labute approximate surface area is 115 Å². The maximum Gasteiger partial charge on any atom is 0.174 e. The average molecular weight is 363 g/mol. The fourth-order valence-corrected chi connectivity index (χ4v) is 2.81. The first-order chi connectivity index (χ1) is 8.20. The van der Waals surface area contributed by atoms with Gasteiger partial charge in [-0.05, 0) is 49.6 Å². The average Bonchev–Trinajstić information content (AvgIpc) is 2.80. The Morgan fingerprint density at radius 2 is 2.00 bits per heavy atom. The summed E-state index contributed by atoms with van der Waals surface area (Å²) in [6.07, 6.45) is 1.57. The fraction of sp³-hybridized carbons (Fsp3) is 0.182. The Hall–Kier alpha value is -0.850. The van der Waals surface area contributed by atoms with Gasteiger partial charge in [-0.1, -0.05) is 5.16 Å². The molecule has 0 aliphatic rings. The highest BCUT2D eigenvalue weighted by Gasteiger charge is 2.09. The van der Waals surface area contributed by atoms with E-state index in [4.69, 9.17) is 14.4 Å². The minimum Gasteiger partial charge on any atom is -0.483 e. The molecule has 0 unspecified atom stereocenters. The second-order valence-corrected chi connectivity index (χ2v) is 5.02. The number of rotatable bonds is 4. The molecule has 0 aliphatic heterocycles. The molecule has 1 N–H and O–H groups in total. The van der Waals surface area contributed by atoms with Crippen molar-refractivity contribution in [2.75, 3.05) is 0 Å². The quantitative estimate of drug-likeness (QED) is 0.906. The molecule has 90 valence electrons. The van der Waals surface area contributed by atoms with Crippen LogP contribution in [0.15, 0.2) is 37.9 Å². The number of aliphatic hydroxyl groups is 1. The molecule has 0 saturated carbocycles. The van der Waals surface area contributed by atoms with Gasteiger partial charge in [0.1, 0.15) is 12.4 Å². The molecule has 0 aliphatic carbocycles. The predicted molar refractivity (Wildman–Crippen MR) is 68.6 cm³/mol. The highest BCUT2D eigenvalue weighted by molar-refractivity contribution is 9.11. The molecule has 6 heteroatoms. The third-order valence-electron chi connectivity index (χ3n) is 2.09. The van der Waals surface area contributed by atoms with E-state index in [9.17, 15) is 0 Å². The smallest absolute Gasteiger partial charge is 0.174 e. The highest BCUT2D eigenvalue weighted by atomic mass is 79.9. The molecule has 0 fully saturated rings. The number of ether oxygens (including phenoxy) is 1. The van der Waals surface area contributed by atoms with E-state index in [0.717, 1.165) is 14.5 Å². The summed E-state index contributed by atoms with van der Waals surface area (Å²) >= 11 is 6.78. The van der Waals surface area contributed by atoms with E-state index in [-0.39, 0.29) is 6.61 Å². The zero-order valence-corrected chi connectivity index (χ0v) is 11.9. The summed E-state index contributed by atoms with van der Waals surface area (Å²) in [7, 11) is 0. The molecule has 0 radical (unpaired) electrons. The van der Waals surface area contributed by atoms with Gasteiger partial charge in [0.15, 0.2) is 5.76 Å². The molecule has 2 rings (SSSR count). The topological polar surface area (TPSA) is 55.5 Å². The van der Waals surface area contributed by atoms with E-state index in [1.807, 2.05) is 0 Å². The summed E-state index contributed by atoms with van der Waals surface area (Å²) in [6, 6.07) is 5.35. The van der Waals surface area contributed by atoms with Crippen molar-refractivity contribution in [2.24, 2.45) is 0 Å². The monoisotopic (exact) mass is 361 g/mol. The molecule has 1 aromatic carbocycles. The largest absolute Gasteiger partial charge is 0.483 e. The third kappa shape index (κ3) is 3.08. The van der Waals surface area contributed by atoms with Crippen LogP contribution < -0.4 is 4.74 Å². The third-order valence-corrected chi connectivity index (χ3v) is 3.27. The molecule has 0 bridgehead atoms. The summed E-state index contributed by atoms with van der Waals surface area (Å²) in [6.45, 7) is 0.287. The normalized spacial score (nSPS) is 10.5. The summed E-state index contributed by atoms with van der Waals surface area (Å²) in [5.74, 6) is 1.31. The van der Waals surface area contributed by atoms with Crippen LogP contribution >= 0.6 is 31.9 Å². The summed E-state index contributed by atoms with van der Waals surface area (Å²) < 4.78 is 12.1. The van der Waals surface area contributed by atoms with Gasteiger partial charge >= 0.3 is 0 Å². The molecule has 0 amide bonds. The number of aliphatic hydroxyl groups excluding tert-OH is 1. The molecule has 1 heterocycles. The molecular weight excluding hydrogens is 354 g/mol. The molecule has 0 saturated heterocycles. The van der Waals surface area contributed by atoms with E-state index < -0.39 is 0 Å². The lowest BCUT2D eigenvalue weighted by Crippen LogP contribution is -1.96. The van der Waals surface area contributed by atoms with Crippen LogP contribution in [0.1, 0.15) is 11.3 Å². The Morgan fingerprint density at radius 1 is 1.29 bits per heavy atom. The molecule has 0 atom stereocenters. The van der Waals surface area contributed by atoms with Gasteiger partial charge in [-0.15, -0.1) is 0 Å². The number of nitrogens with zero attached hydrogens (tertiary/aromatic N) is 1. The Balaban J connectivity index is 2.15. The number of halogens is 2. The van der Waals surface area contributed by atoms with Crippen LogP contribution in [-0.2, 0) is 13.2 Å². The van der Waals surface area contributed by atoms with Crippen molar-refractivity contribution in [1.82, 2.24) is 5.16 Å². The zero-order chi connectivity index (χ0) is 12.3. The van der Waals surface area contributed by atoms with Crippen LogP contribution in [-0.4, -0.2) is 10.3 Å². The second-order valence-electron chi connectivity index (χ2n) is 3.31. The minimum atomic E-state index is -0.0143. The van der Waals surface area contributed by atoms with Gasteiger partial charge in [-0.25, -0.2) is 0 Å². The van der Waals surface area contributed by atoms with E-state index in [1.165, 1.54) is 0 Å². The van der Waals surface area contributed by atoms with Crippen LogP contribution in [0, 0.1) is 0 Å². The lowest BCUT2D eigenvalue weighted by atomic mass is 10.2. The van der Waals surface area contributed by atoms with Crippen molar-refractivity contribution in [3.63, 3.8) is 0 Å². The first kappa shape index (κ1) is 12.6. The Kier molecular flexibility index (Phi) is 4.20. The van der Waals surface area contributed by atoms with Crippen molar-refractivity contribution in [3.8, 4) is 5.75 Å². The number of aromatic nitrogens is 1. The van der Waals surface area contributed by atoms with Crippen molar-refractivity contribution in [1.29, 1.82) is 0 Å². The maximum absolute atomic E-state index is 9.05. The van der Waals surface area contributed by atoms with Gasteiger partial charge in [0.05, 0.1) is 21.7 Å². The standard InChI is InChI=1S/C11H9Br2NO3/c12-9-3-7(5-15)4-10(13)11(9)16-6-8-1-2-14-17-8/h1-4,15H,5-6H2. The first-order valence-corrected chi connectivity index (χ1v) is 6.40. The van der Waals surface area contributed by atoms with Crippen molar-refractivity contribution in [3.05, 3.63) is 44.7 Å². The molecular formula is C11H9Br2NO3. The molecule has 2 aromatic rings. The van der Waals surface area contributed by atoms with Crippen LogP contribution in [0.25, 0.3) is 0 Å². The minimum absolute atomic E-state index is 0.0143. The summed E-state index contributed by atoms with van der Waals surface area (Å²) in [4.78, 5) is 0. The second kappa shape index (κ2) is 5.66. The SMILES string of the molecule is OCc1cc(Br)c(OCc2ccno2)c(Br)c1. The Bertz CT molecular complexity index is 476. The molecule has 17 heavy (non-hydrogen) atoms. The van der Waals surface area contributed by atoms with Gasteiger partial charge in [0.2, 0.25) is 0 Å². The maximum atomic E-state index is 9.05. The van der Waals surface area contributed by atoms with Gasteiger partial charge in [-0.2, -0.15) is 0 Å². The van der Waals surface area contributed by atoms with E-state index in [2.05, 4.69) is 37.0 Å².